The Morgan fingerprint density at radius 2 is 1.97 bits per heavy atom. The number of hydrogen-bond acceptors (Lipinski definition) is 6. The largest absolute Gasteiger partial charge is 0.322 e. The van der Waals surface area contributed by atoms with Crippen molar-refractivity contribution in [2.75, 3.05) is 5.32 Å². The van der Waals surface area contributed by atoms with Gasteiger partial charge in [-0.1, -0.05) is 18.2 Å². The Hall–Kier alpha value is -3.52. The van der Waals surface area contributed by atoms with Gasteiger partial charge in [-0.3, -0.25) is 9.78 Å². The number of carbonyl (C=O) groups excluding carboxylic acids is 1. The number of tetrazole rings is 1. The molecule has 0 saturated carbocycles. The summed E-state index contributed by atoms with van der Waals surface area (Å²) < 4.78 is 1.59. The highest BCUT2D eigenvalue weighted by molar-refractivity contribution is 7.98. The molecule has 0 saturated heterocycles. The molecule has 7 nitrogen and oxygen atoms in total. The summed E-state index contributed by atoms with van der Waals surface area (Å²) >= 11 is 1.71. The Balaban J connectivity index is 1.40. The van der Waals surface area contributed by atoms with Crippen LogP contribution in [-0.2, 0) is 12.8 Å². The Morgan fingerprint density at radius 1 is 1.10 bits per heavy atom. The monoisotopic (exact) mass is 402 g/mol. The smallest absolute Gasteiger partial charge is 0.255 e. The van der Waals surface area contributed by atoms with Crippen LogP contribution in [0.25, 0.3) is 11.4 Å². The number of aromatic nitrogens is 5. The number of anilines is 1. The number of amides is 1. The fraction of sp³-hybridized carbons (Fsp3) is 0.0952. The van der Waals surface area contributed by atoms with E-state index in [-0.39, 0.29) is 5.91 Å². The first-order valence-electron chi connectivity index (χ1n) is 8.95. The van der Waals surface area contributed by atoms with Crippen molar-refractivity contribution in [2.45, 2.75) is 10.6 Å². The van der Waals surface area contributed by atoms with Crippen LogP contribution >= 0.6 is 11.8 Å². The van der Waals surface area contributed by atoms with Crippen molar-refractivity contribution in [1.29, 1.82) is 0 Å². The molecule has 0 radical (unpaired) electrons. The standard InChI is InChI=1S/C21H18N6OS/c1-27-20(24-25-26-27)17-5-2-6-18(12-17)23-21(28)16-7-9-19(10-8-16)29-14-15-4-3-11-22-13-15/h2-13H,14H2,1H3,(H,23,28). The van der Waals surface area contributed by atoms with Crippen LogP contribution in [0.3, 0.4) is 0 Å². The number of carbonyl (C=O) groups is 1. The molecule has 8 heteroatoms. The van der Waals surface area contributed by atoms with Gasteiger partial charge in [0.05, 0.1) is 0 Å². The van der Waals surface area contributed by atoms with Gasteiger partial charge in [0.1, 0.15) is 0 Å². The molecule has 144 valence electrons. The zero-order chi connectivity index (χ0) is 20.1. The van der Waals surface area contributed by atoms with Crippen LogP contribution < -0.4 is 5.32 Å². The van der Waals surface area contributed by atoms with Crippen LogP contribution in [0.2, 0.25) is 0 Å². The van der Waals surface area contributed by atoms with Gasteiger partial charge in [-0.2, -0.15) is 0 Å². The second-order valence-electron chi connectivity index (χ2n) is 6.34. The molecule has 29 heavy (non-hydrogen) atoms. The molecule has 0 atom stereocenters. The second kappa shape index (κ2) is 8.66. The lowest BCUT2D eigenvalue weighted by Crippen LogP contribution is -2.11. The van der Waals surface area contributed by atoms with Crippen LogP contribution in [0.5, 0.6) is 0 Å². The third kappa shape index (κ3) is 4.67. The highest BCUT2D eigenvalue weighted by Gasteiger charge is 2.10. The van der Waals surface area contributed by atoms with Gasteiger partial charge in [0.25, 0.3) is 5.91 Å². The fourth-order valence-electron chi connectivity index (χ4n) is 2.77. The minimum Gasteiger partial charge on any atom is -0.322 e. The van der Waals surface area contributed by atoms with Crippen LogP contribution in [0.15, 0.2) is 78.0 Å². The van der Waals surface area contributed by atoms with Crippen molar-refractivity contribution in [3.8, 4) is 11.4 Å². The highest BCUT2D eigenvalue weighted by Crippen LogP contribution is 2.24. The predicted octanol–water partition coefficient (Wildman–Crippen LogP) is 3.82. The number of nitrogens with zero attached hydrogens (tertiary/aromatic N) is 5. The molecule has 4 aromatic rings. The predicted molar refractivity (Wildman–Crippen MR) is 112 cm³/mol. The van der Waals surface area contributed by atoms with Crippen molar-refractivity contribution in [3.05, 3.63) is 84.2 Å². The zero-order valence-electron chi connectivity index (χ0n) is 15.7. The van der Waals surface area contributed by atoms with Gasteiger partial charge in [0.2, 0.25) is 0 Å². The summed E-state index contributed by atoms with van der Waals surface area (Å²) in [5, 5.41) is 14.4. The summed E-state index contributed by atoms with van der Waals surface area (Å²) in [5.41, 5.74) is 3.28. The number of rotatable bonds is 6. The Morgan fingerprint density at radius 3 is 2.69 bits per heavy atom. The summed E-state index contributed by atoms with van der Waals surface area (Å²) in [6.45, 7) is 0. The Bertz CT molecular complexity index is 1110. The van der Waals surface area contributed by atoms with Gasteiger partial charge in [-0.15, -0.1) is 16.9 Å². The minimum atomic E-state index is -0.165. The molecule has 0 aliphatic heterocycles. The van der Waals surface area contributed by atoms with Crippen molar-refractivity contribution < 1.29 is 4.79 Å². The van der Waals surface area contributed by atoms with Gasteiger partial charge in [-0.25, -0.2) is 4.68 Å². The summed E-state index contributed by atoms with van der Waals surface area (Å²) in [6.07, 6.45) is 3.63. The lowest BCUT2D eigenvalue weighted by atomic mass is 10.1. The van der Waals surface area contributed by atoms with E-state index < -0.39 is 0 Å². The summed E-state index contributed by atoms with van der Waals surface area (Å²) in [5.74, 6) is 1.31. The minimum absolute atomic E-state index is 0.165. The Kier molecular flexibility index (Phi) is 5.62. The fourth-order valence-corrected chi connectivity index (χ4v) is 3.60. The van der Waals surface area contributed by atoms with Crippen molar-refractivity contribution >= 4 is 23.4 Å². The molecule has 2 aromatic carbocycles. The highest BCUT2D eigenvalue weighted by atomic mass is 32.2. The van der Waals surface area contributed by atoms with Crippen LogP contribution in [0.1, 0.15) is 15.9 Å². The molecular formula is C21H18N6OS. The van der Waals surface area contributed by atoms with Crippen molar-refractivity contribution in [2.24, 2.45) is 7.05 Å². The average molecular weight is 402 g/mol. The number of thioether (sulfide) groups is 1. The SMILES string of the molecule is Cn1nnnc1-c1cccc(NC(=O)c2ccc(SCc3cccnc3)cc2)c1. The lowest BCUT2D eigenvalue weighted by Gasteiger charge is -2.08. The molecular weight excluding hydrogens is 384 g/mol. The zero-order valence-corrected chi connectivity index (χ0v) is 16.5. The normalized spacial score (nSPS) is 10.7. The van der Waals surface area contributed by atoms with Gasteiger partial charge < -0.3 is 5.32 Å². The van der Waals surface area contributed by atoms with Crippen LogP contribution in [-0.4, -0.2) is 31.1 Å². The summed E-state index contributed by atoms with van der Waals surface area (Å²) in [6, 6.07) is 19.0. The number of benzene rings is 2. The van der Waals surface area contributed by atoms with Crippen molar-refractivity contribution in [3.63, 3.8) is 0 Å². The third-order valence-corrected chi connectivity index (χ3v) is 5.33. The van der Waals surface area contributed by atoms with E-state index in [0.29, 0.717) is 17.1 Å². The molecule has 4 rings (SSSR count). The molecule has 0 unspecified atom stereocenters. The first-order valence-corrected chi connectivity index (χ1v) is 9.93. The maximum absolute atomic E-state index is 12.6. The van der Waals surface area contributed by atoms with Gasteiger partial charge in [0.15, 0.2) is 5.82 Å². The molecule has 1 N–H and O–H groups in total. The van der Waals surface area contributed by atoms with Gasteiger partial charge >= 0.3 is 0 Å². The average Bonchev–Trinajstić information content (AvgIpc) is 3.19. The second-order valence-corrected chi connectivity index (χ2v) is 7.38. The quantitative estimate of drug-likeness (QED) is 0.494. The van der Waals surface area contributed by atoms with E-state index in [1.165, 1.54) is 0 Å². The molecule has 0 fully saturated rings. The third-order valence-electron chi connectivity index (χ3n) is 4.24. The van der Waals surface area contributed by atoms with Crippen LogP contribution in [0.4, 0.5) is 5.69 Å². The van der Waals surface area contributed by atoms with E-state index in [2.05, 4.69) is 25.8 Å². The van der Waals surface area contributed by atoms with E-state index in [4.69, 9.17) is 0 Å². The molecule has 1 amide bonds. The molecule has 0 spiro atoms. The van der Waals surface area contributed by atoms with E-state index in [1.54, 1.807) is 29.7 Å². The van der Waals surface area contributed by atoms with E-state index in [9.17, 15) is 4.79 Å². The van der Waals surface area contributed by atoms with Gasteiger partial charge in [0, 0.05) is 46.9 Å². The summed E-state index contributed by atoms with van der Waals surface area (Å²) in [7, 11) is 1.77. The molecule has 0 aliphatic rings. The first kappa shape index (κ1) is 18.8. The number of nitrogens with one attached hydrogen (secondary N) is 1. The maximum Gasteiger partial charge on any atom is 0.255 e. The Labute approximate surface area is 172 Å². The molecule has 0 bridgehead atoms. The molecule has 2 aromatic heterocycles. The van der Waals surface area contributed by atoms with E-state index in [0.717, 1.165) is 21.8 Å². The number of pyridine rings is 1. The first-order chi connectivity index (χ1) is 14.2. The lowest BCUT2D eigenvalue weighted by molar-refractivity contribution is 0.102. The number of hydrogen-bond donors (Lipinski definition) is 1. The topological polar surface area (TPSA) is 85.6 Å². The molecule has 0 aliphatic carbocycles. The summed E-state index contributed by atoms with van der Waals surface area (Å²) in [4.78, 5) is 17.8. The van der Waals surface area contributed by atoms with E-state index in [1.807, 2.05) is 66.9 Å². The van der Waals surface area contributed by atoms with E-state index >= 15 is 0 Å². The molecule has 2 heterocycles. The van der Waals surface area contributed by atoms with Crippen LogP contribution in [0, 0.1) is 0 Å². The maximum atomic E-state index is 12.6. The van der Waals surface area contributed by atoms with Gasteiger partial charge in [-0.05, 0) is 58.5 Å². The number of aryl methyl sites for hydroxylation is 1. The van der Waals surface area contributed by atoms with Crippen molar-refractivity contribution in [1.82, 2.24) is 25.2 Å².